The number of ether oxygens (including phenoxy) is 1. The van der Waals surface area contributed by atoms with E-state index in [2.05, 4.69) is 25.7 Å². The molecule has 0 bridgehead atoms. The van der Waals surface area contributed by atoms with Crippen molar-refractivity contribution in [3.8, 4) is 5.75 Å². The van der Waals surface area contributed by atoms with Crippen LogP contribution in [0.4, 0.5) is 0 Å². The predicted octanol–water partition coefficient (Wildman–Crippen LogP) is 2.22. The van der Waals surface area contributed by atoms with Crippen LogP contribution in [0, 0.1) is 5.41 Å². The zero-order valence-electron chi connectivity index (χ0n) is 15.3. The first kappa shape index (κ1) is 18.7. The van der Waals surface area contributed by atoms with E-state index >= 15 is 0 Å². The number of rotatable bonds is 8. The summed E-state index contributed by atoms with van der Waals surface area (Å²) in [5.41, 5.74) is 6.59. The molecule has 1 fully saturated rings. The average Bonchev–Trinajstić information content (AvgIpc) is 3.02. The Balaban J connectivity index is 1.86. The summed E-state index contributed by atoms with van der Waals surface area (Å²) in [6, 6.07) is 7.47. The van der Waals surface area contributed by atoms with Gasteiger partial charge in [0, 0.05) is 25.2 Å². The van der Waals surface area contributed by atoms with Crippen LogP contribution in [0.25, 0.3) is 0 Å². The van der Waals surface area contributed by atoms with Gasteiger partial charge in [-0.25, -0.2) is 0 Å². The zero-order valence-corrected chi connectivity index (χ0v) is 15.3. The molecule has 2 rings (SSSR count). The van der Waals surface area contributed by atoms with E-state index in [1.807, 2.05) is 29.2 Å². The molecule has 0 aromatic heterocycles. The van der Waals surface area contributed by atoms with Gasteiger partial charge in [-0.2, -0.15) is 0 Å². The van der Waals surface area contributed by atoms with Crippen LogP contribution in [0.2, 0.25) is 0 Å². The van der Waals surface area contributed by atoms with Gasteiger partial charge in [0.15, 0.2) is 0 Å². The first-order chi connectivity index (χ1) is 11.5. The van der Waals surface area contributed by atoms with Crippen LogP contribution in [-0.2, 0) is 0 Å². The van der Waals surface area contributed by atoms with Crippen LogP contribution in [-0.4, -0.2) is 61.6 Å². The molecule has 0 aliphatic carbocycles. The molecule has 1 aromatic carbocycles. The SMILES string of the molecule is CCN(CC)CCOc1ccc(C(=O)N2CCC(C)(CN)C2)cc1. The maximum atomic E-state index is 12.6. The summed E-state index contributed by atoms with van der Waals surface area (Å²) in [4.78, 5) is 16.8. The topological polar surface area (TPSA) is 58.8 Å². The lowest BCUT2D eigenvalue weighted by Crippen LogP contribution is -2.34. The zero-order chi connectivity index (χ0) is 17.6. The van der Waals surface area contributed by atoms with Crippen molar-refractivity contribution in [1.29, 1.82) is 0 Å². The number of likely N-dealkylation sites (tertiary alicyclic amines) is 1. The van der Waals surface area contributed by atoms with Gasteiger partial charge in [0.1, 0.15) is 12.4 Å². The highest BCUT2D eigenvalue weighted by Crippen LogP contribution is 2.29. The summed E-state index contributed by atoms with van der Waals surface area (Å²) in [6.45, 7) is 12.2. The summed E-state index contributed by atoms with van der Waals surface area (Å²) in [6.07, 6.45) is 0.974. The minimum atomic E-state index is 0.0587. The van der Waals surface area contributed by atoms with Crippen molar-refractivity contribution in [2.45, 2.75) is 27.2 Å². The van der Waals surface area contributed by atoms with E-state index in [1.165, 1.54) is 0 Å². The highest BCUT2D eigenvalue weighted by molar-refractivity contribution is 5.94. The van der Waals surface area contributed by atoms with E-state index in [0.717, 1.165) is 44.9 Å². The van der Waals surface area contributed by atoms with Gasteiger partial charge in [-0.1, -0.05) is 20.8 Å². The van der Waals surface area contributed by atoms with Gasteiger partial charge in [0.25, 0.3) is 5.91 Å². The van der Waals surface area contributed by atoms with Crippen molar-refractivity contribution in [1.82, 2.24) is 9.80 Å². The lowest BCUT2D eigenvalue weighted by molar-refractivity contribution is 0.0777. The molecule has 5 nitrogen and oxygen atoms in total. The van der Waals surface area contributed by atoms with E-state index in [1.54, 1.807) is 0 Å². The minimum absolute atomic E-state index is 0.0587. The van der Waals surface area contributed by atoms with Crippen molar-refractivity contribution < 1.29 is 9.53 Å². The Morgan fingerprint density at radius 3 is 2.50 bits per heavy atom. The quantitative estimate of drug-likeness (QED) is 0.792. The maximum absolute atomic E-state index is 12.6. The van der Waals surface area contributed by atoms with Gasteiger partial charge in [-0.05, 0) is 55.7 Å². The number of nitrogens with zero attached hydrogens (tertiary/aromatic N) is 2. The molecule has 1 aliphatic heterocycles. The van der Waals surface area contributed by atoms with E-state index < -0.39 is 0 Å². The number of likely N-dealkylation sites (N-methyl/N-ethyl adjacent to an activating group) is 1. The largest absolute Gasteiger partial charge is 0.492 e. The van der Waals surface area contributed by atoms with Crippen LogP contribution in [0.15, 0.2) is 24.3 Å². The maximum Gasteiger partial charge on any atom is 0.253 e. The van der Waals surface area contributed by atoms with E-state index in [9.17, 15) is 4.79 Å². The molecule has 0 saturated carbocycles. The van der Waals surface area contributed by atoms with Crippen molar-refractivity contribution in [3.05, 3.63) is 29.8 Å². The molecule has 24 heavy (non-hydrogen) atoms. The molecule has 1 unspecified atom stereocenters. The fourth-order valence-electron chi connectivity index (χ4n) is 3.07. The van der Waals surface area contributed by atoms with Crippen molar-refractivity contribution >= 4 is 5.91 Å². The second kappa shape index (κ2) is 8.49. The number of hydrogen-bond donors (Lipinski definition) is 1. The fraction of sp³-hybridized carbons (Fsp3) is 0.632. The lowest BCUT2D eigenvalue weighted by atomic mass is 9.90. The van der Waals surface area contributed by atoms with Crippen molar-refractivity contribution in [2.24, 2.45) is 11.1 Å². The Morgan fingerprint density at radius 2 is 1.96 bits per heavy atom. The summed E-state index contributed by atoms with van der Waals surface area (Å²) in [7, 11) is 0. The molecule has 1 aromatic rings. The van der Waals surface area contributed by atoms with Gasteiger partial charge >= 0.3 is 0 Å². The number of hydrogen-bond acceptors (Lipinski definition) is 4. The molecular formula is C19H31N3O2. The third kappa shape index (κ3) is 4.71. The van der Waals surface area contributed by atoms with Crippen molar-refractivity contribution in [2.75, 3.05) is 45.9 Å². The monoisotopic (exact) mass is 333 g/mol. The van der Waals surface area contributed by atoms with Crippen LogP contribution in [0.5, 0.6) is 5.75 Å². The van der Waals surface area contributed by atoms with E-state index in [4.69, 9.17) is 10.5 Å². The molecule has 134 valence electrons. The van der Waals surface area contributed by atoms with Gasteiger partial charge in [0.05, 0.1) is 0 Å². The summed E-state index contributed by atoms with van der Waals surface area (Å²) in [5.74, 6) is 0.897. The molecule has 5 heteroatoms. The van der Waals surface area contributed by atoms with Crippen LogP contribution >= 0.6 is 0 Å². The number of benzene rings is 1. The molecule has 1 atom stereocenters. The van der Waals surface area contributed by atoms with Gasteiger partial charge in [-0.3, -0.25) is 4.79 Å². The third-order valence-electron chi connectivity index (χ3n) is 5.01. The van der Waals surface area contributed by atoms with E-state index in [-0.39, 0.29) is 11.3 Å². The van der Waals surface area contributed by atoms with Crippen LogP contribution < -0.4 is 10.5 Å². The smallest absolute Gasteiger partial charge is 0.253 e. The molecule has 1 heterocycles. The minimum Gasteiger partial charge on any atom is -0.492 e. The Kier molecular flexibility index (Phi) is 6.63. The van der Waals surface area contributed by atoms with Crippen molar-refractivity contribution in [3.63, 3.8) is 0 Å². The predicted molar refractivity (Wildman–Crippen MR) is 97.4 cm³/mol. The molecular weight excluding hydrogens is 302 g/mol. The highest BCUT2D eigenvalue weighted by Gasteiger charge is 2.35. The number of carbonyl (C=O) groups excluding carboxylic acids is 1. The van der Waals surface area contributed by atoms with Crippen LogP contribution in [0.1, 0.15) is 37.6 Å². The molecule has 0 radical (unpaired) electrons. The first-order valence-corrected chi connectivity index (χ1v) is 8.96. The van der Waals surface area contributed by atoms with Gasteiger partial charge in [0.2, 0.25) is 0 Å². The summed E-state index contributed by atoms with van der Waals surface area (Å²) < 4.78 is 5.77. The second-order valence-corrected chi connectivity index (χ2v) is 6.89. The van der Waals surface area contributed by atoms with E-state index in [0.29, 0.717) is 18.7 Å². The number of carbonyl (C=O) groups is 1. The highest BCUT2D eigenvalue weighted by atomic mass is 16.5. The normalized spacial score (nSPS) is 20.6. The Morgan fingerprint density at radius 1 is 1.29 bits per heavy atom. The second-order valence-electron chi connectivity index (χ2n) is 6.89. The Hall–Kier alpha value is -1.59. The number of nitrogens with two attached hydrogens (primary N) is 1. The third-order valence-corrected chi connectivity index (χ3v) is 5.01. The molecule has 1 saturated heterocycles. The molecule has 2 N–H and O–H groups in total. The van der Waals surface area contributed by atoms with Crippen LogP contribution in [0.3, 0.4) is 0 Å². The molecule has 1 amide bonds. The Bertz CT molecular complexity index is 528. The summed E-state index contributed by atoms with van der Waals surface area (Å²) in [5, 5.41) is 0. The molecule has 0 spiro atoms. The average molecular weight is 333 g/mol. The number of amides is 1. The summed E-state index contributed by atoms with van der Waals surface area (Å²) >= 11 is 0. The lowest BCUT2D eigenvalue weighted by Gasteiger charge is -2.22. The standard InChI is InChI=1S/C19H31N3O2/c1-4-21(5-2)12-13-24-17-8-6-16(7-9-17)18(23)22-11-10-19(3,14-20)15-22/h6-9H,4-5,10-15,20H2,1-3H3. The van der Waals surface area contributed by atoms with Gasteiger partial charge < -0.3 is 20.3 Å². The molecule has 1 aliphatic rings. The first-order valence-electron chi connectivity index (χ1n) is 8.96. The fourth-order valence-corrected chi connectivity index (χ4v) is 3.07. The van der Waals surface area contributed by atoms with Gasteiger partial charge in [-0.15, -0.1) is 0 Å². The Labute approximate surface area is 145 Å².